The summed E-state index contributed by atoms with van der Waals surface area (Å²) in [4.78, 5) is 34.3. The number of hydrogen-bond donors (Lipinski definition) is 1. The van der Waals surface area contributed by atoms with Crippen molar-refractivity contribution >= 4 is 17.7 Å². The predicted molar refractivity (Wildman–Crippen MR) is 123 cm³/mol. The normalized spacial score (nSPS) is 11.1. The third-order valence-corrected chi connectivity index (χ3v) is 4.55. The fourth-order valence-electron chi connectivity index (χ4n) is 2.87. The first-order valence-corrected chi connectivity index (χ1v) is 10.6. The number of nitrogens with zero attached hydrogens (tertiary/aromatic N) is 1. The highest BCUT2D eigenvalue weighted by molar-refractivity contribution is 5.69. The first-order valence-electron chi connectivity index (χ1n) is 10.6. The minimum atomic E-state index is -0.618. The summed E-state index contributed by atoms with van der Waals surface area (Å²) in [5.41, 5.74) is 0.205. The van der Waals surface area contributed by atoms with Gasteiger partial charge in [-0.05, 0) is 18.9 Å². The summed E-state index contributed by atoms with van der Waals surface area (Å²) in [5, 5.41) is 14.2. The maximum Gasteiger partial charge on any atom is 0.407 e. The molecular formula is C23H32N2O8. The molecule has 1 N–H and O–H groups in total. The van der Waals surface area contributed by atoms with E-state index in [9.17, 15) is 19.7 Å². The van der Waals surface area contributed by atoms with Gasteiger partial charge in [-0.25, -0.2) is 4.79 Å². The number of alkyl carbamates (subject to hydrolysis) is 1. The molecule has 0 bridgehead atoms. The molecule has 10 heteroatoms. The zero-order valence-corrected chi connectivity index (χ0v) is 19.2. The number of rotatable bonds is 16. The highest BCUT2D eigenvalue weighted by atomic mass is 16.6. The van der Waals surface area contributed by atoms with E-state index in [2.05, 4.69) is 18.5 Å². The maximum atomic E-state index is 11.9. The Morgan fingerprint density at radius 2 is 1.85 bits per heavy atom. The molecule has 1 unspecified atom stereocenters. The Bertz CT molecular complexity index is 825. The molecule has 0 aliphatic heterocycles. The second-order valence-electron chi connectivity index (χ2n) is 7.13. The SMILES string of the molecule is C=CCOC(=O)CCCCCNC(=O)OCC(C)c1cc(OC)c(OCC=C)cc1[N+](=O)[O-]. The molecule has 1 atom stereocenters. The fraction of sp³-hybridized carbons (Fsp3) is 0.478. The van der Waals surface area contributed by atoms with Crippen LogP contribution < -0.4 is 14.8 Å². The van der Waals surface area contributed by atoms with E-state index in [1.165, 1.54) is 31.4 Å². The van der Waals surface area contributed by atoms with Gasteiger partial charge in [0.05, 0.1) is 18.1 Å². The number of carbonyl (C=O) groups is 2. The molecule has 1 aromatic rings. The van der Waals surface area contributed by atoms with Crippen LogP contribution in [0.25, 0.3) is 0 Å². The Morgan fingerprint density at radius 3 is 2.48 bits per heavy atom. The molecule has 0 saturated carbocycles. The molecule has 0 aliphatic rings. The number of nitro benzene ring substituents is 1. The van der Waals surface area contributed by atoms with Crippen LogP contribution in [0.3, 0.4) is 0 Å². The van der Waals surface area contributed by atoms with E-state index in [-0.39, 0.29) is 37.2 Å². The third kappa shape index (κ3) is 10.1. The van der Waals surface area contributed by atoms with Gasteiger partial charge in [0, 0.05) is 24.4 Å². The largest absolute Gasteiger partial charge is 0.493 e. The van der Waals surface area contributed by atoms with Crippen molar-refractivity contribution in [2.24, 2.45) is 0 Å². The van der Waals surface area contributed by atoms with Crippen molar-refractivity contribution in [2.75, 3.05) is 33.5 Å². The van der Waals surface area contributed by atoms with Crippen LogP contribution >= 0.6 is 0 Å². The molecular weight excluding hydrogens is 432 g/mol. The van der Waals surface area contributed by atoms with E-state index in [4.69, 9.17) is 18.9 Å². The Morgan fingerprint density at radius 1 is 1.12 bits per heavy atom. The van der Waals surface area contributed by atoms with Crippen LogP contribution in [0.1, 0.15) is 44.1 Å². The van der Waals surface area contributed by atoms with Crippen LogP contribution in [0.2, 0.25) is 0 Å². The van der Waals surface area contributed by atoms with Crippen molar-refractivity contribution in [3.8, 4) is 11.5 Å². The number of nitrogens with one attached hydrogen (secondary N) is 1. The van der Waals surface area contributed by atoms with Gasteiger partial charge in [-0.2, -0.15) is 0 Å². The summed E-state index contributed by atoms with van der Waals surface area (Å²) in [5.74, 6) is -0.169. The quantitative estimate of drug-likeness (QED) is 0.126. The zero-order valence-electron chi connectivity index (χ0n) is 19.2. The summed E-state index contributed by atoms with van der Waals surface area (Å²) in [6.07, 6.45) is 4.80. The Balaban J connectivity index is 2.52. The van der Waals surface area contributed by atoms with Crippen LogP contribution in [0.4, 0.5) is 10.5 Å². The smallest absolute Gasteiger partial charge is 0.407 e. The van der Waals surface area contributed by atoms with Gasteiger partial charge >= 0.3 is 12.1 Å². The molecule has 0 saturated heterocycles. The summed E-state index contributed by atoms with van der Waals surface area (Å²) >= 11 is 0. The van der Waals surface area contributed by atoms with Gasteiger partial charge in [-0.1, -0.05) is 38.7 Å². The molecule has 182 valence electrons. The van der Waals surface area contributed by atoms with Crippen molar-refractivity contribution in [3.63, 3.8) is 0 Å². The van der Waals surface area contributed by atoms with Gasteiger partial charge in [0.2, 0.25) is 0 Å². The lowest BCUT2D eigenvalue weighted by Gasteiger charge is -2.16. The van der Waals surface area contributed by atoms with Crippen molar-refractivity contribution in [1.82, 2.24) is 5.32 Å². The minimum absolute atomic E-state index is 0.0577. The van der Waals surface area contributed by atoms with Crippen molar-refractivity contribution in [1.29, 1.82) is 0 Å². The molecule has 33 heavy (non-hydrogen) atoms. The summed E-state index contributed by atoms with van der Waals surface area (Å²) in [7, 11) is 1.44. The molecule has 0 aromatic heterocycles. The van der Waals surface area contributed by atoms with Gasteiger partial charge in [-0.15, -0.1) is 0 Å². The molecule has 0 fully saturated rings. The van der Waals surface area contributed by atoms with E-state index in [0.717, 1.165) is 6.42 Å². The highest BCUT2D eigenvalue weighted by Crippen LogP contribution is 2.38. The van der Waals surface area contributed by atoms with Crippen LogP contribution in [0.5, 0.6) is 11.5 Å². The average molecular weight is 465 g/mol. The average Bonchev–Trinajstić information content (AvgIpc) is 2.81. The van der Waals surface area contributed by atoms with E-state index in [1.807, 2.05) is 0 Å². The number of unbranched alkanes of at least 4 members (excludes halogenated alkanes) is 2. The summed E-state index contributed by atoms with van der Waals surface area (Å²) < 4.78 is 20.8. The maximum absolute atomic E-state index is 11.9. The standard InChI is InChI=1S/C23H32N2O8/c1-5-12-31-21-15-19(25(28)29)18(14-20(21)30-4)17(3)16-33-23(27)24-11-9-7-8-10-22(26)32-13-6-2/h5-6,14-15,17H,1-2,7-13,16H2,3-4H3,(H,24,27). The Labute approximate surface area is 193 Å². The van der Waals surface area contributed by atoms with Gasteiger partial charge in [0.1, 0.15) is 19.8 Å². The molecule has 0 spiro atoms. The summed E-state index contributed by atoms with van der Waals surface area (Å²) in [6, 6.07) is 2.81. The van der Waals surface area contributed by atoms with Crippen LogP contribution in [0, 0.1) is 10.1 Å². The highest BCUT2D eigenvalue weighted by Gasteiger charge is 2.24. The molecule has 10 nitrogen and oxygen atoms in total. The molecule has 0 radical (unpaired) electrons. The number of hydrogen-bond acceptors (Lipinski definition) is 8. The van der Waals surface area contributed by atoms with E-state index < -0.39 is 16.9 Å². The zero-order chi connectivity index (χ0) is 24.6. The Kier molecular flexibility index (Phi) is 12.7. The van der Waals surface area contributed by atoms with Crippen molar-refractivity contribution in [3.05, 3.63) is 53.1 Å². The lowest BCUT2D eigenvalue weighted by molar-refractivity contribution is -0.385. The number of carbonyl (C=O) groups excluding carboxylic acids is 2. The minimum Gasteiger partial charge on any atom is -0.493 e. The number of nitro groups is 1. The third-order valence-electron chi connectivity index (χ3n) is 4.55. The molecule has 1 aromatic carbocycles. The molecule has 0 aliphatic carbocycles. The molecule has 1 amide bonds. The number of esters is 1. The van der Waals surface area contributed by atoms with Gasteiger partial charge in [0.25, 0.3) is 5.69 Å². The van der Waals surface area contributed by atoms with Crippen molar-refractivity contribution in [2.45, 2.75) is 38.5 Å². The number of benzene rings is 1. The Hall–Kier alpha value is -3.56. The number of amides is 1. The van der Waals surface area contributed by atoms with Gasteiger partial charge < -0.3 is 24.3 Å². The van der Waals surface area contributed by atoms with E-state index >= 15 is 0 Å². The van der Waals surface area contributed by atoms with Crippen LogP contribution in [-0.4, -0.2) is 50.5 Å². The number of methoxy groups -OCH3 is 1. The first-order chi connectivity index (χ1) is 15.8. The van der Waals surface area contributed by atoms with Crippen molar-refractivity contribution < 1.29 is 33.5 Å². The van der Waals surface area contributed by atoms with E-state index in [1.54, 1.807) is 6.92 Å². The lowest BCUT2D eigenvalue weighted by Crippen LogP contribution is -2.26. The number of ether oxygens (including phenoxy) is 4. The van der Waals surface area contributed by atoms with Crippen LogP contribution in [0.15, 0.2) is 37.4 Å². The second kappa shape index (κ2) is 15.3. The van der Waals surface area contributed by atoms with Gasteiger partial charge in [0.15, 0.2) is 11.5 Å². The summed E-state index contributed by atoms with van der Waals surface area (Å²) in [6.45, 7) is 9.44. The topological polar surface area (TPSA) is 126 Å². The van der Waals surface area contributed by atoms with E-state index in [0.29, 0.717) is 37.1 Å². The first kappa shape index (κ1) is 27.5. The second-order valence-corrected chi connectivity index (χ2v) is 7.13. The predicted octanol–water partition coefficient (Wildman–Crippen LogP) is 4.29. The monoisotopic (exact) mass is 464 g/mol. The lowest BCUT2D eigenvalue weighted by atomic mass is 9.99. The van der Waals surface area contributed by atoms with Gasteiger partial charge in [-0.3, -0.25) is 14.9 Å². The molecule has 1 rings (SSSR count). The molecule has 0 heterocycles. The fourth-order valence-corrected chi connectivity index (χ4v) is 2.87. The van der Waals surface area contributed by atoms with Crippen LogP contribution in [-0.2, 0) is 14.3 Å².